The summed E-state index contributed by atoms with van der Waals surface area (Å²) >= 11 is 0. The molecule has 1 fully saturated rings. The van der Waals surface area contributed by atoms with Gasteiger partial charge in [-0.25, -0.2) is 13.2 Å². The molecule has 1 heterocycles. The maximum absolute atomic E-state index is 14.9. The van der Waals surface area contributed by atoms with Gasteiger partial charge in [0.15, 0.2) is 11.6 Å². The van der Waals surface area contributed by atoms with Crippen molar-refractivity contribution < 1.29 is 17.9 Å². The van der Waals surface area contributed by atoms with Gasteiger partial charge >= 0.3 is 0 Å². The van der Waals surface area contributed by atoms with E-state index in [1.165, 1.54) is 6.92 Å². The summed E-state index contributed by atoms with van der Waals surface area (Å²) in [7, 11) is 0. The van der Waals surface area contributed by atoms with Gasteiger partial charge < -0.3 is 4.74 Å². The Balaban J connectivity index is 1.53. The van der Waals surface area contributed by atoms with Crippen molar-refractivity contribution in [3.8, 4) is 22.3 Å². The number of allylic oxidation sites excluding steroid dienone is 1. The van der Waals surface area contributed by atoms with Gasteiger partial charge in [0, 0.05) is 17.0 Å². The zero-order valence-corrected chi connectivity index (χ0v) is 17.7. The minimum Gasteiger partial charge on any atom is -0.373 e. The van der Waals surface area contributed by atoms with Crippen LogP contribution in [0, 0.1) is 30.3 Å². The van der Waals surface area contributed by atoms with Crippen LogP contribution in [0.2, 0.25) is 0 Å². The Morgan fingerprint density at radius 1 is 0.839 bits per heavy atom. The first-order valence-corrected chi connectivity index (χ1v) is 10.6. The molecule has 0 aliphatic carbocycles. The van der Waals surface area contributed by atoms with Crippen molar-refractivity contribution in [2.75, 3.05) is 6.61 Å². The molecular weight excluding hydrogens is 397 g/mol. The maximum Gasteiger partial charge on any atom is 0.166 e. The van der Waals surface area contributed by atoms with Gasteiger partial charge in [-0.3, -0.25) is 0 Å². The fourth-order valence-electron chi connectivity index (χ4n) is 4.12. The van der Waals surface area contributed by atoms with Gasteiger partial charge in [0.1, 0.15) is 5.82 Å². The Kier molecular flexibility index (Phi) is 6.28. The molecule has 0 N–H and O–H groups in total. The zero-order chi connectivity index (χ0) is 22.0. The van der Waals surface area contributed by atoms with Gasteiger partial charge in [-0.1, -0.05) is 60.7 Å². The van der Waals surface area contributed by atoms with Crippen LogP contribution >= 0.6 is 0 Å². The Bertz CT molecular complexity index is 1090. The third-order valence-corrected chi connectivity index (χ3v) is 5.92. The van der Waals surface area contributed by atoms with Crippen LogP contribution < -0.4 is 0 Å². The van der Waals surface area contributed by atoms with E-state index in [2.05, 4.69) is 6.08 Å². The van der Waals surface area contributed by atoms with E-state index < -0.39 is 11.6 Å². The number of ether oxygens (including phenoxy) is 1. The highest BCUT2D eigenvalue weighted by Crippen LogP contribution is 2.34. The molecule has 0 amide bonds. The quantitative estimate of drug-likeness (QED) is 0.390. The van der Waals surface area contributed by atoms with Crippen LogP contribution in [0.25, 0.3) is 22.3 Å². The first kappa shape index (κ1) is 21.4. The molecule has 0 aromatic heterocycles. The van der Waals surface area contributed by atoms with E-state index in [1.807, 2.05) is 19.1 Å². The van der Waals surface area contributed by atoms with E-state index in [0.717, 1.165) is 18.4 Å². The minimum absolute atomic E-state index is 0.0909. The molecule has 2 unspecified atom stereocenters. The van der Waals surface area contributed by atoms with Crippen molar-refractivity contribution >= 4 is 0 Å². The van der Waals surface area contributed by atoms with Crippen molar-refractivity contribution in [2.24, 2.45) is 5.92 Å². The maximum atomic E-state index is 14.9. The molecule has 1 nitrogen and oxygen atoms in total. The number of benzene rings is 3. The largest absolute Gasteiger partial charge is 0.373 e. The smallest absolute Gasteiger partial charge is 0.166 e. The van der Waals surface area contributed by atoms with Crippen LogP contribution in [0.4, 0.5) is 13.2 Å². The fraction of sp³-hybridized carbons (Fsp3) is 0.259. The summed E-state index contributed by atoms with van der Waals surface area (Å²) in [6, 6.07) is 15.1. The number of halogens is 3. The molecule has 0 spiro atoms. The Morgan fingerprint density at radius 2 is 1.52 bits per heavy atom. The van der Waals surface area contributed by atoms with E-state index in [9.17, 15) is 13.2 Å². The highest BCUT2D eigenvalue weighted by molar-refractivity contribution is 5.71. The SMILES string of the molecule is C/C=C/C1CCC(c2ccc(-c3ccc(-c4ccc(C)c(F)c4F)cc3)c(F)c2)OC1. The summed E-state index contributed by atoms with van der Waals surface area (Å²) in [5.74, 6) is -1.61. The topological polar surface area (TPSA) is 9.23 Å². The molecule has 1 aliphatic rings. The van der Waals surface area contributed by atoms with Gasteiger partial charge in [-0.15, -0.1) is 0 Å². The molecule has 3 aromatic rings. The molecule has 0 radical (unpaired) electrons. The van der Waals surface area contributed by atoms with Gasteiger partial charge in [0.05, 0.1) is 12.7 Å². The highest BCUT2D eigenvalue weighted by atomic mass is 19.2. The van der Waals surface area contributed by atoms with Gasteiger partial charge in [-0.2, -0.15) is 0 Å². The summed E-state index contributed by atoms with van der Waals surface area (Å²) in [5.41, 5.74) is 2.99. The molecule has 3 aromatic carbocycles. The third kappa shape index (κ3) is 4.45. The molecule has 160 valence electrons. The molecule has 1 aliphatic heterocycles. The third-order valence-electron chi connectivity index (χ3n) is 5.92. The average molecular weight is 422 g/mol. The van der Waals surface area contributed by atoms with Crippen LogP contribution in [0.15, 0.2) is 66.7 Å². The molecule has 4 heteroatoms. The molecule has 31 heavy (non-hydrogen) atoms. The van der Waals surface area contributed by atoms with Crippen LogP contribution in [0.3, 0.4) is 0 Å². The predicted octanol–water partition coefficient (Wildman–Crippen LogP) is 7.79. The number of hydrogen-bond acceptors (Lipinski definition) is 1. The predicted molar refractivity (Wildman–Crippen MR) is 118 cm³/mol. The Morgan fingerprint density at radius 3 is 2.13 bits per heavy atom. The fourth-order valence-corrected chi connectivity index (χ4v) is 4.12. The van der Waals surface area contributed by atoms with E-state index in [1.54, 1.807) is 48.5 Å². The van der Waals surface area contributed by atoms with E-state index in [-0.39, 0.29) is 23.0 Å². The molecule has 4 rings (SSSR count). The first-order valence-electron chi connectivity index (χ1n) is 10.6. The van der Waals surface area contributed by atoms with Gasteiger partial charge in [0.25, 0.3) is 0 Å². The first-order chi connectivity index (χ1) is 15.0. The lowest BCUT2D eigenvalue weighted by Gasteiger charge is -2.28. The van der Waals surface area contributed by atoms with Crippen molar-refractivity contribution in [2.45, 2.75) is 32.8 Å². The molecule has 0 saturated carbocycles. The van der Waals surface area contributed by atoms with Crippen LogP contribution in [0.1, 0.15) is 37.0 Å². The van der Waals surface area contributed by atoms with E-state index in [4.69, 9.17) is 4.74 Å². The lowest BCUT2D eigenvalue weighted by molar-refractivity contribution is -0.00538. The van der Waals surface area contributed by atoms with Gasteiger partial charge in [-0.05, 0) is 55.0 Å². The summed E-state index contributed by atoms with van der Waals surface area (Å²) in [6.45, 7) is 4.18. The minimum atomic E-state index is -0.868. The molecule has 1 saturated heterocycles. The highest BCUT2D eigenvalue weighted by Gasteiger charge is 2.22. The van der Waals surface area contributed by atoms with Gasteiger partial charge in [0.2, 0.25) is 0 Å². The van der Waals surface area contributed by atoms with Crippen molar-refractivity contribution in [1.82, 2.24) is 0 Å². The lowest BCUT2D eigenvalue weighted by atomic mass is 9.93. The van der Waals surface area contributed by atoms with Crippen molar-refractivity contribution in [1.29, 1.82) is 0 Å². The number of rotatable bonds is 4. The molecular formula is C27H25F3O. The molecule has 0 bridgehead atoms. The number of hydrogen-bond donors (Lipinski definition) is 0. The molecule has 2 atom stereocenters. The summed E-state index contributed by atoms with van der Waals surface area (Å²) in [6.07, 6.45) is 5.99. The average Bonchev–Trinajstić information content (AvgIpc) is 2.79. The summed E-state index contributed by atoms with van der Waals surface area (Å²) < 4.78 is 49.0. The van der Waals surface area contributed by atoms with Crippen LogP contribution in [0.5, 0.6) is 0 Å². The second-order valence-electron chi connectivity index (χ2n) is 8.06. The normalized spacial score (nSPS) is 19.1. The second kappa shape index (κ2) is 9.11. The summed E-state index contributed by atoms with van der Waals surface area (Å²) in [5, 5.41) is 0. The van der Waals surface area contributed by atoms with Crippen LogP contribution in [-0.2, 0) is 4.74 Å². The van der Waals surface area contributed by atoms with Crippen LogP contribution in [-0.4, -0.2) is 6.61 Å². The number of aryl methyl sites for hydroxylation is 1. The standard InChI is InChI=1S/C27H25F3O/c1-3-4-18-6-14-25(31-16-18)21-11-13-22(24(28)15-21)19-7-9-20(10-8-19)23-12-5-17(2)26(29)27(23)30/h3-5,7-13,15,18,25H,6,14,16H2,1-2H3/b4-3+. The Labute approximate surface area is 181 Å². The second-order valence-corrected chi connectivity index (χ2v) is 8.06. The van der Waals surface area contributed by atoms with E-state index in [0.29, 0.717) is 29.2 Å². The Hall–Kier alpha value is -2.85. The monoisotopic (exact) mass is 422 g/mol. The van der Waals surface area contributed by atoms with E-state index >= 15 is 0 Å². The zero-order valence-electron chi connectivity index (χ0n) is 17.7. The van der Waals surface area contributed by atoms with Crippen molar-refractivity contribution in [3.63, 3.8) is 0 Å². The van der Waals surface area contributed by atoms with Crippen molar-refractivity contribution in [3.05, 3.63) is 95.3 Å². The summed E-state index contributed by atoms with van der Waals surface area (Å²) in [4.78, 5) is 0. The lowest BCUT2D eigenvalue weighted by Crippen LogP contribution is -2.19.